The second-order valence-corrected chi connectivity index (χ2v) is 6.06. The summed E-state index contributed by atoms with van der Waals surface area (Å²) in [5.74, 6) is -0.574. The third-order valence-electron chi connectivity index (χ3n) is 4.41. The molecule has 0 amide bonds. The summed E-state index contributed by atoms with van der Waals surface area (Å²) in [6, 6.07) is 8.22. The number of nitrogens with two attached hydrogens (primary N) is 1. The monoisotopic (exact) mass is 379 g/mol. The number of benzene rings is 1. The van der Waals surface area contributed by atoms with Gasteiger partial charge in [-0.15, -0.1) is 0 Å². The number of carbonyl (C=O) groups excluding carboxylic acids is 1. The van der Waals surface area contributed by atoms with Crippen LogP contribution in [0.1, 0.15) is 22.8 Å². The van der Waals surface area contributed by atoms with Crippen LogP contribution < -0.4 is 17.0 Å². The number of ether oxygens (including phenoxy) is 1. The summed E-state index contributed by atoms with van der Waals surface area (Å²) in [6.07, 6.45) is 0. The second kappa shape index (κ2) is 7.00. The van der Waals surface area contributed by atoms with Gasteiger partial charge in [0.25, 0.3) is 5.56 Å². The molecule has 0 aliphatic carbocycles. The molecule has 28 heavy (non-hydrogen) atoms. The van der Waals surface area contributed by atoms with E-state index in [9.17, 15) is 19.6 Å². The van der Waals surface area contributed by atoms with Crippen molar-refractivity contribution in [2.75, 3.05) is 12.3 Å². The normalized spacial score (nSPS) is 10.6. The number of nitrogen functional groups attached to an aromatic ring is 1. The van der Waals surface area contributed by atoms with Crippen molar-refractivity contribution in [2.45, 2.75) is 6.92 Å². The van der Waals surface area contributed by atoms with Gasteiger partial charge >= 0.3 is 11.7 Å². The fourth-order valence-electron chi connectivity index (χ4n) is 3.00. The Hall–Kier alpha value is -3.93. The molecule has 142 valence electrons. The van der Waals surface area contributed by atoms with Crippen LogP contribution in [-0.2, 0) is 18.8 Å². The van der Waals surface area contributed by atoms with Crippen molar-refractivity contribution in [1.82, 2.24) is 14.1 Å². The highest BCUT2D eigenvalue weighted by molar-refractivity contribution is 5.98. The lowest BCUT2D eigenvalue weighted by atomic mass is 9.97. The third kappa shape index (κ3) is 2.81. The van der Waals surface area contributed by atoms with E-state index in [1.165, 1.54) is 30.8 Å². The molecular weight excluding hydrogens is 362 g/mol. The van der Waals surface area contributed by atoms with Crippen LogP contribution in [0.4, 0.5) is 5.82 Å². The van der Waals surface area contributed by atoms with E-state index in [2.05, 4.69) is 4.98 Å². The maximum atomic E-state index is 12.8. The van der Waals surface area contributed by atoms with Gasteiger partial charge in [0.2, 0.25) is 0 Å². The SMILES string of the molecule is CCOC(=O)c1ccc(-c2c(C#N)c(N)nc3c2c(=O)n(C)c(=O)n3C)cc1. The lowest BCUT2D eigenvalue weighted by molar-refractivity contribution is 0.0526. The first kappa shape index (κ1) is 18.8. The molecule has 0 saturated heterocycles. The molecule has 0 bridgehead atoms. The molecule has 0 saturated carbocycles. The van der Waals surface area contributed by atoms with Crippen LogP contribution in [0.25, 0.3) is 22.2 Å². The summed E-state index contributed by atoms with van der Waals surface area (Å²) in [7, 11) is 2.82. The van der Waals surface area contributed by atoms with E-state index in [1.54, 1.807) is 19.1 Å². The quantitative estimate of drug-likeness (QED) is 0.669. The van der Waals surface area contributed by atoms with Gasteiger partial charge in [-0.2, -0.15) is 5.26 Å². The molecule has 3 rings (SSSR count). The maximum Gasteiger partial charge on any atom is 0.338 e. The van der Waals surface area contributed by atoms with Gasteiger partial charge in [-0.1, -0.05) is 12.1 Å². The van der Waals surface area contributed by atoms with Crippen LogP contribution in [0.15, 0.2) is 33.9 Å². The largest absolute Gasteiger partial charge is 0.462 e. The van der Waals surface area contributed by atoms with Crippen molar-refractivity contribution < 1.29 is 9.53 Å². The van der Waals surface area contributed by atoms with Gasteiger partial charge < -0.3 is 10.5 Å². The number of anilines is 1. The number of carbonyl (C=O) groups is 1. The van der Waals surface area contributed by atoms with E-state index in [0.29, 0.717) is 11.1 Å². The van der Waals surface area contributed by atoms with E-state index < -0.39 is 17.2 Å². The Kier molecular flexibility index (Phi) is 4.71. The van der Waals surface area contributed by atoms with Gasteiger partial charge in [0.05, 0.1) is 17.6 Å². The van der Waals surface area contributed by atoms with Crippen molar-refractivity contribution >= 4 is 22.8 Å². The average Bonchev–Trinajstić information content (AvgIpc) is 2.70. The number of pyridine rings is 1. The number of nitriles is 1. The number of hydrogen-bond acceptors (Lipinski definition) is 7. The van der Waals surface area contributed by atoms with Crippen molar-refractivity contribution in [1.29, 1.82) is 5.26 Å². The number of aryl methyl sites for hydroxylation is 1. The minimum atomic E-state index is -0.591. The van der Waals surface area contributed by atoms with Crippen molar-refractivity contribution in [3.63, 3.8) is 0 Å². The Balaban J connectivity index is 2.40. The molecule has 0 aliphatic rings. The predicted molar refractivity (Wildman–Crippen MR) is 103 cm³/mol. The molecule has 9 heteroatoms. The number of hydrogen-bond donors (Lipinski definition) is 1. The van der Waals surface area contributed by atoms with Crippen molar-refractivity contribution in [3.8, 4) is 17.2 Å². The molecule has 3 aromatic rings. The summed E-state index contributed by atoms with van der Waals surface area (Å²) in [4.78, 5) is 41.0. The van der Waals surface area contributed by atoms with Crippen LogP contribution in [0, 0.1) is 11.3 Å². The number of aromatic nitrogens is 3. The molecule has 0 atom stereocenters. The number of rotatable bonds is 3. The zero-order chi connectivity index (χ0) is 20.6. The first-order chi connectivity index (χ1) is 13.3. The molecule has 2 N–H and O–H groups in total. The van der Waals surface area contributed by atoms with Gasteiger partial charge in [0, 0.05) is 19.7 Å². The standard InChI is InChI=1S/C19H17N5O4/c1-4-28-18(26)11-7-5-10(6-8-11)13-12(9-20)15(21)22-16-14(13)17(25)24(3)19(27)23(16)2/h5-8H,4H2,1-3H3,(H2,21,22). The zero-order valence-corrected chi connectivity index (χ0v) is 15.5. The molecule has 1 aromatic carbocycles. The zero-order valence-electron chi connectivity index (χ0n) is 15.5. The summed E-state index contributed by atoms with van der Waals surface area (Å²) < 4.78 is 7.10. The van der Waals surface area contributed by atoms with Crippen LogP contribution in [-0.4, -0.2) is 26.7 Å². The molecule has 0 radical (unpaired) electrons. The van der Waals surface area contributed by atoms with Crippen LogP contribution >= 0.6 is 0 Å². The van der Waals surface area contributed by atoms with E-state index in [0.717, 1.165) is 4.57 Å². The predicted octanol–water partition coefficient (Wildman–Crippen LogP) is 0.930. The van der Waals surface area contributed by atoms with Crippen molar-refractivity contribution in [3.05, 3.63) is 56.2 Å². The maximum absolute atomic E-state index is 12.8. The van der Waals surface area contributed by atoms with Gasteiger partial charge in [-0.3, -0.25) is 13.9 Å². The highest BCUT2D eigenvalue weighted by atomic mass is 16.5. The van der Waals surface area contributed by atoms with E-state index >= 15 is 0 Å². The average molecular weight is 379 g/mol. The molecule has 0 fully saturated rings. The number of nitrogens with zero attached hydrogens (tertiary/aromatic N) is 4. The fraction of sp³-hybridized carbons (Fsp3) is 0.211. The molecule has 0 spiro atoms. The highest BCUT2D eigenvalue weighted by Gasteiger charge is 2.21. The Morgan fingerprint density at radius 1 is 1.21 bits per heavy atom. The lowest BCUT2D eigenvalue weighted by Crippen LogP contribution is -2.37. The van der Waals surface area contributed by atoms with Crippen LogP contribution in [0.3, 0.4) is 0 Å². The Morgan fingerprint density at radius 3 is 2.43 bits per heavy atom. The van der Waals surface area contributed by atoms with E-state index in [-0.39, 0.29) is 34.6 Å². The molecule has 2 heterocycles. The van der Waals surface area contributed by atoms with Crippen molar-refractivity contribution in [2.24, 2.45) is 14.1 Å². The van der Waals surface area contributed by atoms with Gasteiger partial charge in [-0.25, -0.2) is 14.6 Å². The smallest absolute Gasteiger partial charge is 0.338 e. The Bertz CT molecular complexity index is 1260. The summed E-state index contributed by atoms with van der Waals surface area (Å²) in [6.45, 7) is 1.95. The summed E-state index contributed by atoms with van der Waals surface area (Å²) >= 11 is 0. The minimum absolute atomic E-state index is 0.0205. The highest BCUT2D eigenvalue weighted by Crippen LogP contribution is 2.31. The van der Waals surface area contributed by atoms with Gasteiger partial charge in [0.1, 0.15) is 17.5 Å². The molecule has 2 aromatic heterocycles. The fourth-order valence-corrected chi connectivity index (χ4v) is 3.00. The summed E-state index contributed by atoms with van der Waals surface area (Å²) in [5, 5.41) is 9.69. The third-order valence-corrected chi connectivity index (χ3v) is 4.41. The Labute approximate surface area is 159 Å². The van der Waals surface area contributed by atoms with Gasteiger partial charge in [0.15, 0.2) is 5.65 Å². The van der Waals surface area contributed by atoms with Gasteiger partial charge in [-0.05, 0) is 24.6 Å². The lowest BCUT2D eigenvalue weighted by Gasteiger charge is -2.14. The first-order valence-corrected chi connectivity index (χ1v) is 8.38. The summed E-state index contributed by atoms with van der Waals surface area (Å²) in [5.41, 5.74) is 5.95. The van der Waals surface area contributed by atoms with Crippen LogP contribution in [0.5, 0.6) is 0 Å². The topological polar surface area (TPSA) is 133 Å². The second-order valence-electron chi connectivity index (χ2n) is 6.06. The first-order valence-electron chi connectivity index (χ1n) is 8.38. The minimum Gasteiger partial charge on any atom is -0.462 e. The van der Waals surface area contributed by atoms with E-state index in [1.807, 2.05) is 6.07 Å². The molecule has 9 nitrogen and oxygen atoms in total. The number of esters is 1. The van der Waals surface area contributed by atoms with E-state index in [4.69, 9.17) is 10.5 Å². The van der Waals surface area contributed by atoms with Crippen LogP contribution in [0.2, 0.25) is 0 Å². The number of fused-ring (bicyclic) bond motifs is 1. The molecular formula is C19H17N5O4. The molecule has 0 unspecified atom stereocenters. The Morgan fingerprint density at radius 2 is 1.86 bits per heavy atom. The molecule has 0 aliphatic heterocycles.